The first kappa shape index (κ1) is 26.3. The second kappa shape index (κ2) is 11.6. The van der Waals surface area contributed by atoms with Crippen LogP contribution in [0.4, 0.5) is 0 Å². The molecule has 2 aliphatic rings. The van der Waals surface area contributed by atoms with Gasteiger partial charge < -0.3 is 24.5 Å². The minimum absolute atomic E-state index is 0.00875. The van der Waals surface area contributed by atoms with Crippen molar-refractivity contribution in [2.24, 2.45) is 0 Å². The summed E-state index contributed by atoms with van der Waals surface area (Å²) in [5.74, 6) is -0.224. The third-order valence-electron chi connectivity index (χ3n) is 7.07. The van der Waals surface area contributed by atoms with E-state index in [1.165, 1.54) is 0 Å². The van der Waals surface area contributed by atoms with Crippen LogP contribution < -0.4 is 21.0 Å². The van der Waals surface area contributed by atoms with Gasteiger partial charge in [-0.1, -0.05) is 23.7 Å². The molecule has 0 radical (unpaired) electrons. The zero-order chi connectivity index (χ0) is 26.6. The van der Waals surface area contributed by atoms with E-state index in [4.69, 9.17) is 25.5 Å². The standard InChI is InChI=1S/C29H31ClN2O6/c1-17-12-24(27-21-5-2-6-22(21)29(35)38-25(27)13-17)37-16-26(33)32-23(14-18-7-9-19(30)10-8-18)28(34)31-15-20-4-3-11-36-20/h7-10,12-13,20,23H,2-6,11,14-16H2,1H3,(H,31,34)(H,32,33)/t20-,23-/m1/s1. The normalized spacial score (nSPS) is 17.3. The Kier molecular flexibility index (Phi) is 8.00. The summed E-state index contributed by atoms with van der Waals surface area (Å²) in [6, 6.07) is 10.0. The first-order valence-electron chi connectivity index (χ1n) is 13.0. The van der Waals surface area contributed by atoms with Crippen LogP contribution in [0.15, 0.2) is 45.6 Å². The third-order valence-corrected chi connectivity index (χ3v) is 7.32. The van der Waals surface area contributed by atoms with Crippen molar-refractivity contribution in [2.75, 3.05) is 19.8 Å². The number of fused-ring (bicyclic) bond motifs is 3. The Morgan fingerprint density at radius 1 is 1.13 bits per heavy atom. The van der Waals surface area contributed by atoms with Crippen LogP contribution in [0.3, 0.4) is 0 Å². The highest BCUT2D eigenvalue weighted by atomic mass is 35.5. The van der Waals surface area contributed by atoms with Crippen molar-refractivity contribution >= 4 is 34.4 Å². The quantitative estimate of drug-likeness (QED) is 0.403. The van der Waals surface area contributed by atoms with Crippen LogP contribution in [0.5, 0.6) is 5.75 Å². The number of halogens is 1. The maximum atomic E-state index is 13.1. The Balaban J connectivity index is 1.30. The van der Waals surface area contributed by atoms with Gasteiger partial charge in [-0.3, -0.25) is 9.59 Å². The fourth-order valence-electron chi connectivity index (χ4n) is 5.21. The number of ether oxygens (including phenoxy) is 2. The smallest absolute Gasteiger partial charge is 0.339 e. The molecule has 5 rings (SSSR count). The number of carbonyl (C=O) groups excluding carboxylic acids is 2. The number of hydrogen-bond donors (Lipinski definition) is 2. The topological polar surface area (TPSA) is 107 Å². The molecule has 1 aliphatic heterocycles. The van der Waals surface area contributed by atoms with E-state index in [0.717, 1.165) is 47.8 Å². The molecule has 0 spiro atoms. The lowest BCUT2D eigenvalue weighted by molar-refractivity contribution is -0.130. The van der Waals surface area contributed by atoms with Crippen molar-refractivity contribution < 1.29 is 23.5 Å². The van der Waals surface area contributed by atoms with E-state index < -0.39 is 11.9 Å². The lowest BCUT2D eigenvalue weighted by Gasteiger charge is -2.20. The Labute approximate surface area is 225 Å². The average molecular weight is 539 g/mol. The predicted octanol–water partition coefficient (Wildman–Crippen LogP) is 3.65. The molecule has 38 heavy (non-hydrogen) atoms. The van der Waals surface area contributed by atoms with Crippen LogP contribution in [-0.2, 0) is 33.6 Å². The van der Waals surface area contributed by atoms with Gasteiger partial charge in [0.15, 0.2) is 6.61 Å². The molecule has 9 heteroatoms. The summed E-state index contributed by atoms with van der Waals surface area (Å²) in [5.41, 5.74) is 3.48. The minimum atomic E-state index is -0.801. The summed E-state index contributed by atoms with van der Waals surface area (Å²) in [6.07, 6.45) is 4.48. The molecule has 2 amide bonds. The summed E-state index contributed by atoms with van der Waals surface area (Å²) in [4.78, 5) is 38.5. The van der Waals surface area contributed by atoms with Crippen molar-refractivity contribution in [3.05, 3.63) is 74.1 Å². The van der Waals surface area contributed by atoms with Crippen molar-refractivity contribution in [1.29, 1.82) is 0 Å². The van der Waals surface area contributed by atoms with Crippen LogP contribution >= 0.6 is 11.6 Å². The van der Waals surface area contributed by atoms with Crippen molar-refractivity contribution in [3.63, 3.8) is 0 Å². The average Bonchev–Trinajstić information content (AvgIpc) is 3.59. The molecule has 1 fully saturated rings. The number of benzene rings is 2. The molecular formula is C29H31ClN2O6. The largest absolute Gasteiger partial charge is 0.483 e. The van der Waals surface area contributed by atoms with E-state index in [1.807, 2.05) is 31.2 Å². The molecule has 3 aromatic rings. The van der Waals surface area contributed by atoms with E-state index in [9.17, 15) is 14.4 Å². The maximum absolute atomic E-state index is 13.1. The van der Waals surface area contributed by atoms with Crippen LogP contribution in [0.1, 0.15) is 41.5 Å². The fourth-order valence-corrected chi connectivity index (χ4v) is 5.33. The highest BCUT2D eigenvalue weighted by Gasteiger charge is 2.25. The van der Waals surface area contributed by atoms with Crippen LogP contribution in [0.25, 0.3) is 11.0 Å². The van der Waals surface area contributed by atoms with E-state index in [-0.39, 0.29) is 24.2 Å². The van der Waals surface area contributed by atoms with Crippen LogP contribution in [0.2, 0.25) is 5.02 Å². The molecule has 2 N–H and O–H groups in total. The van der Waals surface area contributed by atoms with Gasteiger partial charge in [-0.2, -0.15) is 0 Å². The Bertz CT molecular complexity index is 1390. The number of nitrogens with one attached hydrogen (secondary N) is 2. The van der Waals surface area contributed by atoms with E-state index >= 15 is 0 Å². The van der Waals surface area contributed by atoms with Gasteiger partial charge in [0.05, 0.1) is 11.5 Å². The molecule has 0 unspecified atom stereocenters. The molecule has 2 aromatic carbocycles. The van der Waals surface area contributed by atoms with Gasteiger partial charge in [0.2, 0.25) is 5.91 Å². The van der Waals surface area contributed by atoms with Gasteiger partial charge in [0.25, 0.3) is 5.91 Å². The van der Waals surface area contributed by atoms with Gasteiger partial charge in [0.1, 0.15) is 17.4 Å². The molecule has 1 aromatic heterocycles. The summed E-state index contributed by atoms with van der Waals surface area (Å²) < 4.78 is 17.1. The van der Waals surface area contributed by atoms with Gasteiger partial charge in [0, 0.05) is 30.2 Å². The van der Waals surface area contributed by atoms with Gasteiger partial charge >= 0.3 is 5.63 Å². The summed E-state index contributed by atoms with van der Waals surface area (Å²) >= 11 is 6.01. The lowest BCUT2D eigenvalue weighted by atomic mass is 10.0. The highest BCUT2D eigenvalue weighted by molar-refractivity contribution is 6.30. The molecule has 0 saturated carbocycles. The lowest BCUT2D eigenvalue weighted by Crippen LogP contribution is -2.50. The second-order valence-electron chi connectivity index (χ2n) is 9.96. The first-order valence-corrected chi connectivity index (χ1v) is 13.4. The van der Waals surface area contributed by atoms with Crippen molar-refractivity contribution in [3.8, 4) is 5.75 Å². The second-order valence-corrected chi connectivity index (χ2v) is 10.4. The zero-order valence-corrected chi connectivity index (χ0v) is 22.1. The number of amides is 2. The van der Waals surface area contributed by atoms with E-state index in [1.54, 1.807) is 12.1 Å². The molecule has 8 nitrogen and oxygen atoms in total. The van der Waals surface area contributed by atoms with E-state index in [0.29, 0.717) is 47.9 Å². The molecule has 200 valence electrons. The minimum Gasteiger partial charge on any atom is -0.483 e. The van der Waals surface area contributed by atoms with Gasteiger partial charge in [-0.25, -0.2) is 4.79 Å². The summed E-state index contributed by atoms with van der Waals surface area (Å²) in [5, 5.41) is 7.07. The Hall–Kier alpha value is -3.36. The molecule has 2 atom stereocenters. The molecule has 1 aliphatic carbocycles. The highest BCUT2D eigenvalue weighted by Crippen LogP contribution is 2.35. The number of aryl methyl sites for hydroxylation is 2. The van der Waals surface area contributed by atoms with Crippen molar-refractivity contribution in [2.45, 2.75) is 57.6 Å². The van der Waals surface area contributed by atoms with E-state index in [2.05, 4.69) is 10.6 Å². The van der Waals surface area contributed by atoms with Crippen molar-refractivity contribution in [1.82, 2.24) is 10.6 Å². The predicted molar refractivity (Wildman–Crippen MR) is 144 cm³/mol. The molecular weight excluding hydrogens is 508 g/mol. The third kappa shape index (κ3) is 6.03. The molecule has 0 bridgehead atoms. The van der Waals surface area contributed by atoms with Gasteiger partial charge in [-0.05, 0) is 80.0 Å². The monoisotopic (exact) mass is 538 g/mol. The summed E-state index contributed by atoms with van der Waals surface area (Å²) in [7, 11) is 0. The SMILES string of the molecule is Cc1cc(OCC(=O)N[C@H](Cc2ccc(Cl)cc2)C(=O)NC[C@H]2CCCO2)c2c3c(c(=O)oc2c1)CCC3. The summed E-state index contributed by atoms with van der Waals surface area (Å²) in [6.45, 7) is 2.68. The number of rotatable bonds is 9. The van der Waals surface area contributed by atoms with Crippen LogP contribution in [-0.4, -0.2) is 43.7 Å². The maximum Gasteiger partial charge on any atom is 0.339 e. The first-order chi connectivity index (χ1) is 18.4. The molecule has 2 heterocycles. The number of carbonyl (C=O) groups is 2. The van der Waals surface area contributed by atoms with Crippen LogP contribution in [0, 0.1) is 6.92 Å². The molecule has 1 saturated heterocycles. The zero-order valence-electron chi connectivity index (χ0n) is 21.3. The number of hydrogen-bond acceptors (Lipinski definition) is 6. The Morgan fingerprint density at radius 2 is 1.92 bits per heavy atom. The fraction of sp³-hybridized carbons (Fsp3) is 0.414. The van der Waals surface area contributed by atoms with Gasteiger partial charge in [-0.15, -0.1) is 0 Å². The Morgan fingerprint density at radius 3 is 2.68 bits per heavy atom.